The van der Waals surface area contributed by atoms with Gasteiger partial charge in [-0.05, 0) is 46.5 Å². The van der Waals surface area contributed by atoms with Gasteiger partial charge in [-0.15, -0.1) is 0 Å². The number of aliphatic hydroxyl groups excluding tert-OH is 2. The molecule has 4 aliphatic rings. The number of ether oxygens (including phenoxy) is 2. The second kappa shape index (κ2) is 7.20. The van der Waals surface area contributed by atoms with Gasteiger partial charge in [0.15, 0.2) is 0 Å². The molecule has 4 aliphatic heterocycles. The topological polar surface area (TPSA) is 58.9 Å². The minimum atomic E-state index is -1.01. The van der Waals surface area contributed by atoms with Gasteiger partial charge in [0.25, 0.3) is 0 Å². The van der Waals surface area contributed by atoms with E-state index in [1.807, 2.05) is 24.3 Å². The summed E-state index contributed by atoms with van der Waals surface area (Å²) in [5.41, 5.74) is 3.41. The fraction of sp³-hybridized carbons (Fsp3) is 0.182. The van der Waals surface area contributed by atoms with Crippen molar-refractivity contribution >= 4 is 0 Å². The van der Waals surface area contributed by atoms with Crippen molar-refractivity contribution in [2.45, 2.75) is 25.4 Å². The van der Waals surface area contributed by atoms with E-state index in [1.54, 1.807) is 48.5 Å². The maximum atomic E-state index is 10.5. The molecule has 4 heterocycles. The van der Waals surface area contributed by atoms with Crippen molar-refractivity contribution in [3.63, 3.8) is 0 Å². The van der Waals surface area contributed by atoms with E-state index in [0.717, 1.165) is 11.1 Å². The summed E-state index contributed by atoms with van der Waals surface area (Å²) in [6.07, 6.45) is -2.02. The summed E-state index contributed by atoms with van der Waals surface area (Å²) in [4.78, 5) is 0. The Kier molecular flexibility index (Phi) is 4.61. The van der Waals surface area contributed by atoms with E-state index < -0.39 is 12.2 Å². The molecule has 0 aromatic heterocycles. The number of fused-ring (bicyclic) bond motifs is 3. The SMILES string of the molecule is O[C@@H]1c2ccc(cc2)OCc2ccc(cc2)COc2ccc(cc2)[C@@H]1O. The quantitative estimate of drug-likeness (QED) is 0.646. The highest BCUT2D eigenvalue weighted by atomic mass is 16.5. The highest BCUT2D eigenvalue weighted by Crippen LogP contribution is 2.31. The maximum Gasteiger partial charge on any atom is 0.119 e. The average Bonchev–Trinajstić information content (AvgIpc) is 2.71. The Balaban J connectivity index is 1.68. The van der Waals surface area contributed by atoms with Crippen LogP contribution in [0.5, 0.6) is 11.5 Å². The molecule has 0 saturated heterocycles. The van der Waals surface area contributed by atoms with Gasteiger partial charge in [-0.25, -0.2) is 0 Å². The molecule has 0 aliphatic carbocycles. The van der Waals surface area contributed by atoms with E-state index in [4.69, 9.17) is 9.47 Å². The molecular weight excluding hydrogens is 328 g/mol. The zero-order valence-corrected chi connectivity index (χ0v) is 14.2. The predicted molar refractivity (Wildman–Crippen MR) is 97.9 cm³/mol. The number of benzene rings is 3. The van der Waals surface area contributed by atoms with Crippen LogP contribution in [0.2, 0.25) is 0 Å². The molecule has 0 saturated carbocycles. The van der Waals surface area contributed by atoms with Crippen molar-refractivity contribution in [3.8, 4) is 11.5 Å². The zero-order valence-electron chi connectivity index (χ0n) is 14.2. The molecule has 0 amide bonds. The largest absolute Gasteiger partial charge is 0.489 e. The Hall–Kier alpha value is -2.82. The molecule has 2 N–H and O–H groups in total. The molecule has 4 heteroatoms. The number of aliphatic hydroxyl groups is 2. The van der Waals surface area contributed by atoms with Gasteiger partial charge in [0.1, 0.15) is 36.9 Å². The first kappa shape index (κ1) is 16.6. The number of rotatable bonds is 0. The van der Waals surface area contributed by atoms with Crippen molar-refractivity contribution in [3.05, 3.63) is 95.1 Å². The lowest BCUT2D eigenvalue weighted by atomic mass is 9.98. The van der Waals surface area contributed by atoms with E-state index in [-0.39, 0.29) is 0 Å². The van der Waals surface area contributed by atoms with E-state index >= 15 is 0 Å². The van der Waals surface area contributed by atoms with Crippen LogP contribution in [0.3, 0.4) is 0 Å². The average molecular weight is 348 g/mol. The standard InChI is InChI=1S/C22H20O4/c23-21-17-5-9-19(10-6-17)25-13-15-1-2-16(4-3-15)14-26-20-11-7-18(8-12-20)22(21)24/h1-12,21-24H,13-14H2/t21-,22+. The van der Waals surface area contributed by atoms with Crippen molar-refractivity contribution < 1.29 is 19.7 Å². The van der Waals surface area contributed by atoms with E-state index in [1.165, 1.54) is 0 Å². The number of hydrogen-bond acceptors (Lipinski definition) is 4. The van der Waals surface area contributed by atoms with Crippen molar-refractivity contribution in [2.24, 2.45) is 0 Å². The first-order chi connectivity index (χ1) is 12.7. The Morgan fingerprint density at radius 3 is 1.23 bits per heavy atom. The summed E-state index contributed by atoms with van der Waals surface area (Å²) in [5, 5.41) is 20.9. The van der Waals surface area contributed by atoms with Crippen LogP contribution >= 0.6 is 0 Å². The number of hydrogen-bond donors (Lipinski definition) is 2. The van der Waals surface area contributed by atoms with Gasteiger partial charge < -0.3 is 19.7 Å². The van der Waals surface area contributed by atoms with E-state index in [2.05, 4.69) is 0 Å². The maximum absolute atomic E-state index is 10.5. The highest BCUT2D eigenvalue weighted by molar-refractivity contribution is 5.34. The third kappa shape index (κ3) is 3.57. The fourth-order valence-corrected chi connectivity index (χ4v) is 2.95. The van der Waals surface area contributed by atoms with Crippen LogP contribution in [0.25, 0.3) is 0 Å². The van der Waals surface area contributed by atoms with Gasteiger partial charge in [-0.1, -0.05) is 48.5 Å². The second-order valence-electron chi connectivity index (χ2n) is 6.42. The first-order valence-corrected chi connectivity index (χ1v) is 8.58. The molecule has 0 radical (unpaired) electrons. The highest BCUT2D eigenvalue weighted by Gasteiger charge is 2.20. The molecular formula is C22H20O4. The summed E-state index contributed by atoms with van der Waals surface area (Å²) in [7, 11) is 0. The van der Waals surface area contributed by atoms with Gasteiger partial charge in [0.05, 0.1) is 0 Å². The molecule has 0 fully saturated rings. The van der Waals surface area contributed by atoms with Gasteiger partial charge >= 0.3 is 0 Å². The van der Waals surface area contributed by atoms with Gasteiger partial charge in [0.2, 0.25) is 0 Å². The summed E-state index contributed by atoms with van der Waals surface area (Å²) in [6.45, 7) is 0.929. The van der Waals surface area contributed by atoms with Crippen LogP contribution in [0.15, 0.2) is 72.8 Å². The molecule has 26 heavy (non-hydrogen) atoms. The third-order valence-electron chi connectivity index (χ3n) is 4.58. The summed E-state index contributed by atoms with van der Waals surface area (Å²) in [6, 6.07) is 22.4. The van der Waals surface area contributed by atoms with Gasteiger partial charge in [-0.3, -0.25) is 0 Å². The monoisotopic (exact) mass is 348 g/mol. The van der Waals surface area contributed by atoms with Crippen LogP contribution in [-0.2, 0) is 13.2 Å². The lowest BCUT2D eigenvalue weighted by molar-refractivity contribution is 0.0172. The van der Waals surface area contributed by atoms with Crippen molar-refractivity contribution in [1.29, 1.82) is 0 Å². The van der Waals surface area contributed by atoms with Crippen LogP contribution in [0.4, 0.5) is 0 Å². The Bertz CT molecular complexity index is 780. The minimum absolute atomic E-state index is 0.465. The Morgan fingerprint density at radius 2 is 0.885 bits per heavy atom. The lowest BCUT2D eigenvalue weighted by Gasteiger charge is -2.19. The zero-order chi connectivity index (χ0) is 17.9. The molecule has 0 unspecified atom stereocenters. The smallest absolute Gasteiger partial charge is 0.119 e. The summed E-state index contributed by atoms with van der Waals surface area (Å²) in [5.74, 6) is 1.43. The molecule has 0 spiro atoms. The van der Waals surface area contributed by atoms with Crippen LogP contribution in [0, 0.1) is 0 Å². The Morgan fingerprint density at radius 1 is 0.538 bits per heavy atom. The van der Waals surface area contributed by atoms with Crippen LogP contribution in [0.1, 0.15) is 34.5 Å². The fourth-order valence-electron chi connectivity index (χ4n) is 2.95. The molecule has 132 valence electrons. The third-order valence-corrected chi connectivity index (χ3v) is 4.58. The van der Waals surface area contributed by atoms with E-state index in [0.29, 0.717) is 35.8 Å². The Labute approximate surface area is 152 Å². The normalized spacial score (nSPS) is 19.5. The van der Waals surface area contributed by atoms with Crippen LogP contribution in [-0.4, -0.2) is 10.2 Å². The summed E-state index contributed by atoms with van der Waals surface area (Å²) >= 11 is 0. The molecule has 3 aromatic carbocycles. The van der Waals surface area contributed by atoms with Crippen molar-refractivity contribution in [1.82, 2.24) is 0 Å². The molecule has 4 nitrogen and oxygen atoms in total. The van der Waals surface area contributed by atoms with E-state index in [9.17, 15) is 10.2 Å². The van der Waals surface area contributed by atoms with Crippen molar-refractivity contribution in [2.75, 3.05) is 0 Å². The van der Waals surface area contributed by atoms with Crippen LogP contribution < -0.4 is 9.47 Å². The van der Waals surface area contributed by atoms with Gasteiger partial charge in [0, 0.05) is 0 Å². The second-order valence-corrected chi connectivity index (χ2v) is 6.42. The molecule has 7 rings (SSSR count). The van der Waals surface area contributed by atoms with Gasteiger partial charge in [-0.2, -0.15) is 0 Å². The summed E-state index contributed by atoms with van der Waals surface area (Å²) < 4.78 is 11.6. The molecule has 2 atom stereocenters. The predicted octanol–water partition coefficient (Wildman–Crippen LogP) is 3.93. The first-order valence-electron chi connectivity index (χ1n) is 8.58. The molecule has 6 bridgehead atoms. The lowest BCUT2D eigenvalue weighted by Crippen LogP contribution is -2.10. The molecule has 3 aromatic rings. The minimum Gasteiger partial charge on any atom is -0.489 e.